The molecule has 12 heavy (non-hydrogen) atoms. The second-order valence-corrected chi connectivity index (χ2v) is 2.69. The molecule has 57 valence electrons. The van der Waals surface area contributed by atoms with Gasteiger partial charge in [0.15, 0.2) is 0 Å². The van der Waals surface area contributed by atoms with Crippen LogP contribution in [0.5, 0.6) is 0 Å². The van der Waals surface area contributed by atoms with E-state index < -0.39 is 0 Å². The molecular weight excluding hydrogens is 221 g/mol. The zero-order chi connectivity index (χ0) is 7.68. The van der Waals surface area contributed by atoms with Gasteiger partial charge in [0.25, 0.3) is 0 Å². The minimum absolute atomic E-state index is 0. The summed E-state index contributed by atoms with van der Waals surface area (Å²) in [4.78, 5) is 0. The van der Waals surface area contributed by atoms with Crippen LogP contribution in [-0.2, 0) is 32.7 Å². The first kappa shape index (κ1) is 9.89. The minimum Gasteiger partial charge on any atom is -0.180 e. The molecule has 2 aromatic carbocycles. The van der Waals surface area contributed by atoms with Gasteiger partial charge in [0.05, 0.1) is 0 Å². The molecule has 0 amide bonds. The topological polar surface area (TPSA) is 0 Å². The molecule has 0 aliphatic heterocycles. The Hall–Kier alpha value is -0.196. The second kappa shape index (κ2) is 4.16. The molecule has 0 aliphatic carbocycles. The summed E-state index contributed by atoms with van der Waals surface area (Å²) in [5, 5.41) is 2.60. The standard InChI is InChI=1S/C11H9.Y/c1-9-5-4-7-10-6-2-3-8-11(9)10;/h2-4,6-8H,1H3;/q-1;. The fraction of sp³-hybridized carbons (Fsp3) is 0.0909. The second-order valence-electron chi connectivity index (χ2n) is 2.69. The Labute approximate surface area is 97.9 Å². The molecule has 1 radical (unpaired) electrons. The summed E-state index contributed by atoms with van der Waals surface area (Å²) >= 11 is 0. The monoisotopic (exact) mass is 230 g/mol. The van der Waals surface area contributed by atoms with E-state index in [0.717, 1.165) is 0 Å². The molecule has 0 saturated heterocycles. The summed E-state index contributed by atoms with van der Waals surface area (Å²) in [6.07, 6.45) is 0. The van der Waals surface area contributed by atoms with Crippen molar-refractivity contribution in [3.8, 4) is 0 Å². The summed E-state index contributed by atoms with van der Waals surface area (Å²) < 4.78 is 0. The van der Waals surface area contributed by atoms with Crippen LogP contribution >= 0.6 is 0 Å². The van der Waals surface area contributed by atoms with Gasteiger partial charge in [-0.25, -0.2) is 0 Å². The van der Waals surface area contributed by atoms with Gasteiger partial charge in [-0.2, -0.15) is 23.8 Å². The minimum atomic E-state index is 0. The maximum Gasteiger partial charge on any atom is 0 e. The van der Waals surface area contributed by atoms with Crippen LogP contribution in [-0.4, -0.2) is 0 Å². The van der Waals surface area contributed by atoms with Crippen LogP contribution in [0.15, 0.2) is 36.4 Å². The molecule has 2 rings (SSSR count). The van der Waals surface area contributed by atoms with E-state index in [4.69, 9.17) is 0 Å². The SMILES string of the molecule is Cc1[c-]ccc2ccccc12.[Y]. The van der Waals surface area contributed by atoms with E-state index in [0.29, 0.717) is 0 Å². The molecule has 0 nitrogen and oxygen atoms in total. The molecule has 0 spiro atoms. The number of hydrogen-bond acceptors (Lipinski definition) is 0. The Kier molecular flexibility index (Phi) is 3.43. The van der Waals surface area contributed by atoms with Crippen LogP contribution in [0, 0.1) is 13.0 Å². The molecule has 0 heterocycles. The van der Waals surface area contributed by atoms with Crippen molar-refractivity contribution >= 4 is 10.8 Å². The van der Waals surface area contributed by atoms with Crippen LogP contribution < -0.4 is 0 Å². The van der Waals surface area contributed by atoms with Crippen molar-refractivity contribution in [1.82, 2.24) is 0 Å². The fourth-order valence-electron chi connectivity index (χ4n) is 1.32. The number of aryl methyl sites for hydroxylation is 1. The third-order valence-corrected chi connectivity index (χ3v) is 1.93. The van der Waals surface area contributed by atoms with Gasteiger partial charge in [0.2, 0.25) is 0 Å². The summed E-state index contributed by atoms with van der Waals surface area (Å²) in [7, 11) is 0. The van der Waals surface area contributed by atoms with Gasteiger partial charge in [-0.15, -0.1) is 16.8 Å². The third-order valence-electron chi connectivity index (χ3n) is 1.93. The first-order valence-corrected chi connectivity index (χ1v) is 3.74. The average molecular weight is 230 g/mol. The molecule has 0 atom stereocenters. The van der Waals surface area contributed by atoms with Crippen molar-refractivity contribution < 1.29 is 32.7 Å². The molecule has 2 aromatic rings. The molecule has 0 aromatic heterocycles. The summed E-state index contributed by atoms with van der Waals surface area (Å²) in [5.74, 6) is 0. The molecule has 0 fully saturated rings. The summed E-state index contributed by atoms with van der Waals surface area (Å²) in [5.41, 5.74) is 1.23. The van der Waals surface area contributed by atoms with Gasteiger partial charge >= 0.3 is 0 Å². The summed E-state index contributed by atoms with van der Waals surface area (Å²) in [6, 6.07) is 15.6. The Bertz CT molecular complexity index is 374. The number of hydrogen-bond donors (Lipinski definition) is 0. The van der Waals surface area contributed by atoms with E-state index in [1.165, 1.54) is 16.3 Å². The van der Waals surface area contributed by atoms with Crippen molar-refractivity contribution in [2.45, 2.75) is 6.92 Å². The molecule has 0 unspecified atom stereocenters. The Morgan fingerprint density at radius 3 is 2.58 bits per heavy atom. The maximum absolute atomic E-state index is 3.17. The maximum atomic E-state index is 3.17. The van der Waals surface area contributed by atoms with E-state index in [-0.39, 0.29) is 32.7 Å². The quantitative estimate of drug-likeness (QED) is 0.610. The van der Waals surface area contributed by atoms with Crippen molar-refractivity contribution in [1.29, 1.82) is 0 Å². The van der Waals surface area contributed by atoms with Crippen LogP contribution in [0.1, 0.15) is 5.56 Å². The van der Waals surface area contributed by atoms with E-state index >= 15 is 0 Å². The first-order valence-electron chi connectivity index (χ1n) is 3.74. The molecule has 0 saturated carbocycles. The predicted molar refractivity (Wildman–Crippen MR) is 47.5 cm³/mol. The van der Waals surface area contributed by atoms with Crippen molar-refractivity contribution in [2.24, 2.45) is 0 Å². The van der Waals surface area contributed by atoms with Crippen molar-refractivity contribution in [3.05, 3.63) is 48.0 Å². The third kappa shape index (κ3) is 1.76. The summed E-state index contributed by atoms with van der Waals surface area (Å²) in [6.45, 7) is 2.09. The van der Waals surface area contributed by atoms with Crippen LogP contribution in [0.3, 0.4) is 0 Å². The van der Waals surface area contributed by atoms with Gasteiger partial charge < -0.3 is 0 Å². The van der Waals surface area contributed by atoms with E-state index in [9.17, 15) is 0 Å². The van der Waals surface area contributed by atoms with Crippen molar-refractivity contribution in [2.75, 3.05) is 0 Å². The van der Waals surface area contributed by atoms with Gasteiger partial charge in [-0.1, -0.05) is 25.1 Å². The molecule has 0 bridgehead atoms. The van der Waals surface area contributed by atoms with Crippen LogP contribution in [0.2, 0.25) is 0 Å². The number of benzene rings is 2. The van der Waals surface area contributed by atoms with Gasteiger partial charge in [-0.3, -0.25) is 0 Å². The number of fused-ring (bicyclic) bond motifs is 1. The Balaban J connectivity index is 0.000000720. The van der Waals surface area contributed by atoms with Gasteiger partial charge in [0.1, 0.15) is 0 Å². The van der Waals surface area contributed by atoms with Crippen LogP contribution in [0.25, 0.3) is 10.8 Å². The first-order chi connectivity index (χ1) is 5.38. The smallest absolute Gasteiger partial charge is 0 e. The fourth-order valence-corrected chi connectivity index (χ4v) is 1.32. The van der Waals surface area contributed by atoms with E-state index in [1.807, 2.05) is 6.07 Å². The zero-order valence-corrected chi connectivity index (χ0v) is 9.88. The Morgan fingerprint density at radius 1 is 1.08 bits per heavy atom. The van der Waals surface area contributed by atoms with Gasteiger partial charge in [0, 0.05) is 32.7 Å². The van der Waals surface area contributed by atoms with Crippen LogP contribution in [0.4, 0.5) is 0 Å². The van der Waals surface area contributed by atoms with Crippen molar-refractivity contribution in [3.63, 3.8) is 0 Å². The normalized spacial score (nSPS) is 9.42. The predicted octanol–water partition coefficient (Wildman–Crippen LogP) is 2.95. The Morgan fingerprint density at radius 2 is 1.83 bits per heavy atom. The molecular formula is C11H9Y-. The average Bonchev–Trinajstić information content (AvgIpc) is 2.06. The molecule has 0 aliphatic rings. The molecule has 0 N–H and O–H groups in total. The zero-order valence-electron chi connectivity index (χ0n) is 7.04. The van der Waals surface area contributed by atoms with E-state index in [1.54, 1.807) is 0 Å². The largest absolute Gasteiger partial charge is 0.180 e. The number of rotatable bonds is 0. The molecule has 1 heteroatoms. The van der Waals surface area contributed by atoms with E-state index in [2.05, 4.69) is 43.3 Å². The van der Waals surface area contributed by atoms with Gasteiger partial charge in [-0.05, 0) is 0 Å².